The fourth-order valence-corrected chi connectivity index (χ4v) is 4.41. The van der Waals surface area contributed by atoms with Crippen molar-refractivity contribution in [2.45, 2.75) is 56.5 Å². The highest BCUT2D eigenvalue weighted by atomic mass is 16.5. The lowest BCUT2D eigenvalue weighted by Gasteiger charge is -2.42. The molecule has 2 aliphatic rings. The molecule has 4 rings (SSSR count). The van der Waals surface area contributed by atoms with E-state index in [0.29, 0.717) is 6.54 Å². The van der Waals surface area contributed by atoms with Gasteiger partial charge in [0, 0.05) is 37.6 Å². The standard InChI is InChI=1S/C22H27N3O2/c26-21(25-15-7-8-18(17-25)20-16-23-13-14-24-20)22(11-5-2-6-12-22)27-19-9-3-1-4-10-19/h1,3-4,9-10,13-14,16,18H,2,5-8,11-12,15,17H2/t18-/m1/s1. The van der Waals surface area contributed by atoms with Crippen LogP contribution in [0, 0.1) is 0 Å². The van der Waals surface area contributed by atoms with Crippen molar-refractivity contribution in [3.8, 4) is 5.75 Å². The Morgan fingerprint density at radius 3 is 2.63 bits per heavy atom. The normalized spacial score (nSPS) is 22.2. The van der Waals surface area contributed by atoms with E-state index < -0.39 is 5.60 Å². The summed E-state index contributed by atoms with van der Waals surface area (Å²) in [6, 6.07) is 9.78. The van der Waals surface area contributed by atoms with Crippen LogP contribution in [0.15, 0.2) is 48.9 Å². The van der Waals surface area contributed by atoms with Gasteiger partial charge in [-0.3, -0.25) is 14.8 Å². The van der Waals surface area contributed by atoms with Gasteiger partial charge in [0.2, 0.25) is 0 Å². The summed E-state index contributed by atoms with van der Waals surface area (Å²) in [5.41, 5.74) is 0.265. The number of para-hydroxylation sites is 1. The number of nitrogens with zero attached hydrogens (tertiary/aromatic N) is 3. The quantitative estimate of drug-likeness (QED) is 0.823. The summed E-state index contributed by atoms with van der Waals surface area (Å²) < 4.78 is 6.38. The number of carbonyl (C=O) groups excluding carboxylic acids is 1. The molecule has 27 heavy (non-hydrogen) atoms. The molecule has 1 aliphatic carbocycles. The van der Waals surface area contributed by atoms with Crippen molar-refractivity contribution >= 4 is 5.91 Å². The molecule has 2 fully saturated rings. The maximum absolute atomic E-state index is 13.6. The van der Waals surface area contributed by atoms with Gasteiger partial charge in [0.1, 0.15) is 5.75 Å². The number of hydrogen-bond donors (Lipinski definition) is 0. The van der Waals surface area contributed by atoms with E-state index >= 15 is 0 Å². The third-order valence-electron chi connectivity index (χ3n) is 5.82. The zero-order valence-corrected chi connectivity index (χ0v) is 15.7. The van der Waals surface area contributed by atoms with Gasteiger partial charge in [0.15, 0.2) is 5.60 Å². The number of ether oxygens (including phenoxy) is 1. The summed E-state index contributed by atoms with van der Waals surface area (Å²) in [4.78, 5) is 24.3. The van der Waals surface area contributed by atoms with Crippen molar-refractivity contribution in [2.75, 3.05) is 13.1 Å². The number of hydrogen-bond acceptors (Lipinski definition) is 4. The molecule has 1 saturated carbocycles. The Bertz CT molecular complexity index is 745. The van der Waals surface area contributed by atoms with Gasteiger partial charge in [-0.25, -0.2) is 0 Å². The topological polar surface area (TPSA) is 55.3 Å². The average molecular weight is 365 g/mol. The molecular weight excluding hydrogens is 338 g/mol. The second-order valence-corrected chi connectivity index (χ2v) is 7.69. The summed E-state index contributed by atoms with van der Waals surface area (Å²) in [7, 11) is 0. The van der Waals surface area contributed by atoms with E-state index in [0.717, 1.165) is 56.5 Å². The summed E-state index contributed by atoms with van der Waals surface area (Å²) in [6.45, 7) is 1.51. The first-order valence-corrected chi connectivity index (χ1v) is 10.1. The average Bonchev–Trinajstić information content (AvgIpc) is 2.75. The first kappa shape index (κ1) is 18.0. The molecule has 0 spiro atoms. The van der Waals surface area contributed by atoms with Crippen LogP contribution in [0.4, 0.5) is 0 Å². The van der Waals surface area contributed by atoms with Crippen LogP contribution in [0.3, 0.4) is 0 Å². The Kier molecular flexibility index (Phi) is 5.37. The number of piperidine rings is 1. The SMILES string of the molecule is O=C(N1CCC[C@@H](c2cnccn2)C1)C1(Oc2ccccc2)CCCCC1. The minimum Gasteiger partial charge on any atom is -0.477 e. The largest absolute Gasteiger partial charge is 0.477 e. The van der Waals surface area contributed by atoms with Gasteiger partial charge in [-0.2, -0.15) is 0 Å². The molecule has 0 unspecified atom stereocenters. The predicted octanol–water partition coefficient (Wildman–Crippen LogP) is 3.96. The summed E-state index contributed by atoms with van der Waals surface area (Å²) in [5.74, 6) is 1.20. The molecule has 5 heteroatoms. The highest BCUT2D eigenvalue weighted by Crippen LogP contribution is 2.36. The number of carbonyl (C=O) groups is 1. The van der Waals surface area contributed by atoms with Crippen molar-refractivity contribution < 1.29 is 9.53 Å². The van der Waals surface area contributed by atoms with Crippen molar-refractivity contribution in [2.24, 2.45) is 0 Å². The molecule has 1 aromatic carbocycles. The van der Waals surface area contributed by atoms with Gasteiger partial charge in [0.25, 0.3) is 5.91 Å². The van der Waals surface area contributed by atoms with Crippen LogP contribution >= 0.6 is 0 Å². The zero-order chi connectivity index (χ0) is 18.5. The Balaban J connectivity index is 1.54. The van der Waals surface area contributed by atoms with Gasteiger partial charge < -0.3 is 9.64 Å². The zero-order valence-electron chi connectivity index (χ0n) is 15.7. The Morgan fingerprint density at radius 1 is 1.07 bits per heavy atom. The first-order valence-electron chi connectivity index (χ1n) is 10.1. The van der Waals surface area contributed by atoms with Crippen LogP contribution in [0.25, 0.3) is 0 Å². The molecular formula is C22H27N3O2. The molecule has 1 saturated heterocycles. The summed E-state index contributed by atoms with van der Waals surface area (Å²) >= 11 is 0. The van der Waals surface area contributed by atoms with Gasteiger partial charge >= 0.3 is 0 Å². The molecule has 0 bridgehead atoms. The molecule has 0 N–H and O–H groups in total. The van der Waals surface area contributed by atoms with E-state index in [-0.39, 0.29) is 11.8 Å². The molecule has 1 atom stereocenters. The van der Waals surface area contributed by atoms with E-state index in [9.17, 15) is 4.79 Å². The van der Waals surface area contributed by atoms with E-state index in [1.165, 1.54) is 6.42 Å². The van der Waals surface area contributed by atoms with Gasteiger partial charge in [0.05, 0.1) is 5.69 Å². The smallest absolute Gasteiger partial charge is 0.266 e. The summed E-state index contributed by atoms with van der Waals surface area (Å²) in [6.07, 6.45) is 12.2. The Labute approximate surface area is 160 Å². The maximum Gasteiger partial charge on any atom is 0.266 e. The minimum absolute atomic E-state index is 0.152. The molecule has 0 radical (unpaired) electrons. The molecule has 5 nitrogen and oxygen atoms in total. The van der Waals surface area contributed by atoms with E-state index in [2.05, 4.69) is 9.97 Å². The van der Waals surface area contributed by atoms with Crippen LogP contribution in [-0.4, -0.2) is 39.5 Å². The highest BCUT2D eigenvalue weighted by molar-refractivity contribution is 5.86. The van der Waals surface area contributed by atoms with Gasteiger partial charge in [-0.05, 0) is 50.7 Å². The van der Waals surface area contributed by atoms with E-state index in [1.807, 2.05) is 41.4 Å². The lowest BCUT2D eigenvalue weighted by molar-refractivity contribution is -0.152. The fourth-order valence-electron chi connectivity index (χ4n) is 4.41. The predicted molar refractivity (Wildman–Crippen MR) is 103 cm³/mol. The van der Waals surface area contributed by atoms with Gasteiger partial charge in [-0.15, -0.1) is 0 Å². The number of aromatic nitrogens is 2. The third-order valence-corrected chi connectivity index (χ3v) is 5.82. The van der Waals surface area contributed by atoms with Crippen LogP contribution in [0.5, 0.6) is 5.75 Å². The van der Waals surface area contributed by atoms with Crippen LogP contribution in [0.2, 0.25) is 0 Å². The van der Waals surface area contributed by atoms with Crippen LogP contribution < -0.4 is 4.74 Å². The lowest BCUT2D eigenvalue weighted by Crippen LogP contribution is -2.55. The van der Waals surface area contributed by atoms with Crippen molar-refractivity contribution in [1.29, 1.82) is 0 Å². The van der Waals surface area contributed by atoms with Crippen molar-refractivity contribution in [1.82, 2.24) is 14.9 Å². The first-order chi connectivity index (χ1) is 13.3. The second kappa shape index (κ2) is 8.07. The molecule has 1 amide bonds. The monoisotopic (exact) mass is 365 g/mol. The molecule has 1 aromatic heterocycles. The second-order valence-electron chi connectivity index (χ2n) is 7.69. The fraction of sp³-hybridized carbons (Fsp3) is 0.500. The number of likely N-dealkylation sites (tertiary alicyclic amines) is 1. The van der Waals surface area contributed by atoms with Crippen molar-refractivity contribution in [3.05, 3.63) is 54.6 Å². The maximum atomic E-state index is 13.6. The number of amides is 1. The van der Waals surface area contributed by atoms with E-state index in [4.69, 9.17) is 4.74 Å². The van der Waals surface area contributed by atoms with Crippen molar-refractivity contribution in [3.63, 3.8) is 0 Å². The van der Waals surface area contributed by atoms with Crippen LogP contribution in [0.1, 0.15) is 56.6 Å². The molecule has 2 aromatic rings. The minimum atomic E-state index is -0.718. The van der Waals surface area contributed by atoms with Crippen LogP contribution in [-0.2, 0) is 4.79 Å². The number of rotatable bonds is 4. The highest BCUT2D eigenvalue weighted by Gasteiger charge is 2.45. The van der Waals surface area contributed by atoms with Gasteiger partial charge in [-0.1, -0.05) is 24.6 Å². The Hall–Kier alpha value is -2.43. The Morgan fingerprint density at radius 2 is 1.89 bits per heavy atom. The molecule has 1 aliphatic heterocycles. The lowest BCUT2D eigenvalue weighted by atomic mass is 9.82. The van der Waals surface area contributed by atoms with E-state index in [1.54, 1.807) is 12.4 Å². The summed E-state index contributed by atoms with van der Waals surface area (Å²) in [5, 5.41) is 0. The number of benzene rings is 1. The molecule has 142 valence electrons. The molecule has 2 heterocycles. The third kappa shape index (κ3) is 3.97.